The SMILES string of the molecule is O=C1NCCc2c1cc(-c1ccnc(-c3ccccc3F)n1)n2OC(=O)C(F)(F)F. The van der Waals surface area contributed by atoms with E-state index >= 15 is 0 Å². The highest BCUT2D eigenvalue weighted by Crippen LogP contribution is 2.29. The molecule has 0 atom stereocenters. The third-order valence-corrected chi connectivity index (χ3v) is 4.39. The van der Waals surface area contributed by atoms with Crippen molar-refractivity contribution in [1.29, 1.82) is 0 Å². The number of benzene rings is 1. The molecular weight excluding hydrogens is 408 g/mol. The van der Waals surface area contributed by atoms with Crippen LogP contribution in [0.5, 0.6) is 0 Å². The van der Waals surface area contributed by atoms with Gasteiger partial charge in [0.25, 0.3) is 5.91 Å². The van der Waals surface area contributed by atoms with Crippen LogP contribution in [0.1, 0.15) is 16.1 Å². The number of hydrogen-bond acceptors (Lipinski definition) is 5. The lowest BCUT2D eigenvalue weighted by molar-refractivity contribution is -0.199. The van der Waals surface area contributed by atoms with Gasteiger partial charge < -0.3 is 10.2 Å². The third kappa shape index (κ3) is 3.49. The van der Waals surface area contributed by atoms with E-state index < -0.39 is 23.9 Å². The van der Waals surface area contributed by atoms with Crippen molar-refractivity contribution in [1.82, 2.24) is 20.0 Å². The van der Waals surface area contributed by atoms with Gasteiger partial charge in [0.2, 0.25) is 0 Å². The van der Waals surface area contributed by atoms with Crippen LogP contribution in [0, 0.1) is 5.82 Å². The Morgan fingerprint density at radius 2 is 1.93 bits per heavy atom. The number of carbonyl (C=O) groups is 2. The third-order valence-electron chi connectivity index (χ3n) is 4.39. The van der Waals surface area contributed by atoms with E-state index in [1.165, 1.54) is 36.5 Å². The van der Waals surface area contributed by atoms with Gasteiger partial charge >= 0.3 is 12.1 Å². The average molecular weight is 420 g/mol. The molecule has 0 saturated carbocycles. The number of nitrogens with one attached hydrogen (secondary N) is 1. The highest BCUT2D eigenvalue weighted by Gasteiger charge is 2.43. The zero-order chi connectivity index (χ0) is 21.5. The van der Waals surface area contributed by atoms with E-state index in [9.17, 15) is 27.2 Å². The molecule has 4 rings (SSSR count). The maximum Gasteiger partial charge on any atom is 0.493 e. The molecule has 1 aromatic carbocycles. The predicted octanol–water partition coefficient (Wildman–Crippen LogP) is 2.55. The van der Waals surface area contributed by atoms with Gasteiger partial charge in [-0.3, -0.25) is 4.79 Å². The molecule has 0 spiro atoms. The second-order valence-corrected chi connectivity index (χ2v) is 6.31. The van der Waals surface area contributed by atoms with Gasteiger partial charge in [-0.25, -0.2) is 19.2 Å². The number of alkyl halides is 3. The molecule has 154 valence electrons. The van der Waals surface area contributed by atoms with Crippen LogP contribution < -0.4 is 10.2 Å². The van der Waals surface area contributed by atoms with Crippen molar-refractivity contribution in [3.8, 4) is 22.8 Å². The van der Waals surface area contributed by atoms with Crippen molar-refractivity contribution in [2.24, 2.45) is 0 Å². The van der Waals surface area contributed by atoms with Gasteiger partial charge in [-0.05, 0) is 24.3 Å². The van der Waals surface area contributed by atoms with E-state index in [0.29, 0.717) is 4.73 Å². The van der Waals surface area contributed by atoms with Gasteiger partial charge in [0, 0.05) is 19.2 Å². The summed E-state index contributed by atoms with van der Waals surface area (Å²) >= 11 is 0. The van der Waals surface area contributed by atoms with Crippen LogP contribution in [-0.2, 0) is 11.2 Å². The minimum atomic E-state index is -5.24. The number of amides is 1. The van der Waals surface area contributed by atoms with Crippen LogP contribution in [0.4, 0.5) is 17.6 Å². The first kappa shape index (κ1) is 19.6. The summed E-state index contributed by atoms with van der Waals surface area (Å²) in [5.41, 5.74) is 0.192. The lowest BCUT2D eigenvalue weighted by atomic mass is 10.1. The first-order valence-corrected chi connectivity index (χ1v) is 8.66. The molecule has 1 aliphatic rings. The Morgan fingerprint density at radius 1 is 1.17 bits per heavy atom. The fourth-order valence-corrected chi connectivity index (χ4v) is 3.05. The van der Waals surface area contributed by atoms with Crippen LogP contribution in [0.15, 0.2) is 42.6 Å². The molecule has 0 radical (unpaired) electrons. The largest absolute Gasteiger partial charge is 0.493 e. The van der Waals surface area contributed by atoms with Crippen molar-refractivity contribution in [2.75, 3.05) is 6.54 Å². The summed E-state index contributed by atoms with van der Waals surface area (Å²) in [5, 5.41) is 2.56. The Balaban J connectivity index is 1.85. The Bertz CT molecular complexity index is 1160. The fraction of sp³-hybridized carbons (Fsp3) is 0.158. The van der Waals surface area contributed by atoms with E-state index in [0.717, 1.165) is 0 Å². The molecule has 3 heterocycles. The van der Waals surface area contributed by atoms with Gasteiger partial charge in [-0.1, -0.05) is 12.1 Å². The summed E-state index contributed by atoms with van der Waals surface area (Å²) in [6, 6.07) is 8.32. The van der Waals surface area contributed by atoms with Crippen LogP contribution in [0.25, 0.3) is 22.8 Å². The molecule has 0 unspecified atom stereocenters. The fourth-order valence-electron chi connectivity index (χ4n) is 3.05. The first-order valence-electron chi connectivity index (χ1n) is 8.66. The normalized spacial score (nSPS) is 13.5. The molecule has 0 aliphatic carbocycles. The van der Waals surface area contributed by atoms with Gasteiger partial charge in [0.15, 0.2) is 5.82 Å². The van der Waals surface area contributed by atoms with E-state index in [-0.39, 0.29) is 47.0 Å². The smallest absolute Gasteiger partial charge is 0.352 e. The predicted molar refractivity (Wildman–Crippen MR) is 94.5 cm³/mol. The summed E-state index contributed by atoms with van der Waals surface area (Å²) in [4.78, 5) is 36.3. The molecule has 7 nitrogen and oxygen atoms in total. The van der Waals surface area contributed by atoms with Crippen molar-refractivity contribution in [3.05, 3.63) is 59.7 Å². The molecule has 0 bridgehead atoms. The zero-order valence-corrected chi connectivity index (χ0v) is 15.0. The quantitative estimate of drug-likeness (QED) is 0.659. The minimum absolute atomic E-state index is 0.0251. The summed E-state index contributed by atoms with van der Waals surface area (Å²) < 4.78 is 53.1. The zero-order valence-electron chi connectivity index (χ0n) is 15.0. The number of rotatable bonds is 3. The number of aromatic nitrogens is 3. The van der Waals surface area contributed by atoms with Crippen LogP contribution in [-0.4, -0.2) is 39.3 Å². The van der Waals surface area contributed by atoms with Crippen LogP contribution in [0.3, 0.4) is 0 Å². The standard InChI is InChI=1S/C19H12F4N4O3/c20-12-4-2-1-3-10(12)16-24-7-5-13(26-16)15-9-11-14(6-8-25-17(11)28)27(15)30-18(29)19(21,22)23/h1-5,7,9H,6,8H2,(H,25,28). The second kappa shape index (κ2) is 7.25. The lowest BCUT2D eigenvalue weighted by Gasteiger charge is -2.17. The molecule has 30 heavy (non-hydrogen) atoms. The van der Waals surface area contributed by atoms with E-state index in [1.807, 2.05) is 0 Å². The van der Waals surface area contributed by atoms with Crippen molar-refractivity contribution in [2.45, 2.75) is 12.6 Å². The second-order valence-electron chi connectivity index (χ2n) is 6.31. The highest BCUT2D eigenvalue weighted by molar-refractivity contribution is 5.98. The number of nitrogens with zero attached hydrogens (tertiary/aromatic N) is 3. The maximum atomic E-state index is 14.1. The van der Waals surface area contributed by atoms with Crippen molar-refractivity contribution < 1.29 is 32.0 Å². The lowest BCUT2D eigenvalue weighted by Crippen LogP contribution is -2.37. The molecule has 3 aromatic rings. The van der Waals surface area contributed by atoms with Gasteiger partial charge in [-0.15, -0.1) is 0 Å². The maximum absolute atomic E-state index is 14.1. The van der Waals surface area contributed by atoms with E-state index in [2.05, 4.69) is 20.1 Å². The summed E-state index contributed by atoms with van der Waals surface area (Å²) in [5.74, 6) is -3.59. The Labute approximate surface area is 166 Å². The molecular formula is C19H12F4N4O3. The molecule has 1 amide bonds. The molecule has 11 heteroatoms. The average Bonchev–Trinajstić information content (AvgIpc) is 3.08. The monoisotopic (exact) mass is 420 g/mol. The van der Waals surface area contributed by atoms with Crippen molar-refractivity contribution >= 4 is 11.9 Å². The highest BCUT2D eigenvalue weighted by atomic mass is 19.4. The molecule has 1 N–H and O–H groups in total. The summed E-state index contributed by atoms with van der Waals surface area (Å²) in [6.45, 7) is 0.156. The Morgan fingerprint density at radius 3 is 2.67 bits per heavy atom. The molecule has 0 fully saturated rings. The number of carbonyl (C=O) groups excluding carboxylic acids is 2. The van der Waals surface area contributed by atoms with Crippen LogP contribution in [0.2, 0.25) is 0 Å². The number of hydrogen-bond donors (Lipinski definition) is 1. The van der Waals surface area contributed by atoms with Crippen LogP contribution >= 0.6 is 0 Å². The molecule has 0 saturated heterocycles. The summed E-state index contributed by atoms with van der Waals surface area (Å²) in [6.07, 6.45) is -3.82. The topological polar surface area (TPSA) is 86.1 Å². The van der Waals surface area contributed by atoms with Crippen molar-refractivity contribution in [3.63, 3.8) is 0 Å². The van der Waals surface area contributed by atoms with Gasteiger partial charge in [0.05, 0.1) is 22.5 Å². The Hall–Kier alpha value is -3.76. The first-order chi connectivity index (χ1) is 14.3. The number of fused-ring (bicyclic) bond motifs is 1. The number of halogens is 4. The molecule has 1 aliphatic heterocycles. The minimum Gasteiger partial charge on any atom is -0.352 e. The van der Waals surface area contributed by atoms with Gasteiger partial charge in [0.1, 0.15) is 11.5 Å². The Kier molecular flexibility index (Phi) is 4.72. The van der Waals surface area contributed by atoms with E-state index in [4.69, 9.17) is 0 Å². The molecule has 2 aromatic heterocycles. The van der Waals surface area contributed by atoms with Gasteiger partial charge in [-0.2, -0.15) is 17.9 Å². The van der Waals surface area contributed by atoms with E-state index in [1.54, 1.807) is 6.07 Å². The summed E-state index contributed by atoms with van der Waals surface area (Å²) in [7, 11) is 0.